The molecular weight excluding hydrogens is 450 g/mol. The molecule has 14 heteroatoms. The van der Waals surface area contributed by atoms with Crippen molar-refractivity contribution in [1.29, 1.82) is 0 Å². The minimum atomic E-state index is -1.63. The highest BCUT2D eigenvalue weighted by Crippen LogP contribution is 2.22. The number of hydrogen-bond donors (Lipinski definition) is 9. The van der Waals surface area contributed by atoms with Gasteiger partial charge in [0.25, 0.3) is 0 Å². The first-order valence-electron chi connectivity index (χ1n) is 10.4. The van der Waals surface area contributed by atoms with Crippen molar-refractivity contribution in [3.8, 4) is 0 Å². The SMILES string of the molecule is CC(O)C(=O)OCC/N=C/C(O)[C@H](O)[C@H](COC[C@H]1OC(CO)[C@H](O)[C@@H](O)C1O)C(O)CO. The fourth-order valence-electron chi connectivity index (χ4n) is 3.05. The Balaban J connectivity index is 2.59. The van der Waals surface area contributed by atoms with Crippen molar-refractivity contribution in [1.82, 2.24) is 0 Å². The van der Waals surface area contributed by atoms with Gasteiger partial charge in [-0.2, -0.15) is 0 Å². The van der Waals surface area contributed by atoms with Crippen LogP contribution in [-0.2, 0) is 19.0 Å². The second-order valence-corrected chi connectivity index (χ2v) is 7.70. The maximum atomic E-state index is 11.1. The van der Waals surface area contributed by atoms with E-state index in [1.165, 1.54) is 6.92 Å². The molecule has 0 saturated carbocycles. The largest absolute Gasteiger partial charge is 0.462 e. The molecule has 1 heterocycles. The first kappa shape index (κ1) is 29.7. The monoisotopic (exact) mass is 485 g/mol. The van der Waals surface area contributed by atoms with Crippen molar-refractivity contribution in [3.63, 3.8) is 0 Å². The van der Waals surface area contributed by atoms with Crippen LogP contribution in [-0.4, -0.2) is 153 Å². The van der Waals surface area contributed by atoms with E-state index in [-0.39, 0.29) is 19.8 Å². The highest BCUT2D eigenvalue weighted by Gasteiger charge is 2.43. The molecule has 0 amide bonds. The van der Waals surface area contributed by atoms with E-state index in [0.29, 0.717) is 0 Å². The molecule has 0 radical (unpaired) electrons. The van der Waals surface area contributed by atoms with Crippen LogP contribution in [0.25, 0.3) is 0 Å². The molecule has 0 bridgehead atoms. The third-order valence-corrected chi connectivity index (χ3v) is 5.12. The van der Waals surface area contributed by atoms with Crippen LogP contribution >= 0.6 is 0 Å². The lowest BCUT2D eigenvalue weighted by Gasteiger charge is -2.40. The van der Waals surface area contributed by atoms with E-state index < -0.39 is 86.6 Å². The fourth-order valence-corrected chi connectivity index (χ4v) is 3.05. The Kier molecular flexibility index (Phi) is 13.4. The quantitative estimate of drug-likeness (QED) is 0.0634. The van der Waals surface area contributed by atoms with E-state index in [0.717, 1.165) is 6.21 Å². The van der Waals surface area contributed by atoms with Gasteiger partial charge < -0.3 is 60.2 Å². The topological polar surface area (TPSA) is 239 Å². The molecule has 1 rings (SSSR count). The van der Waals surface area contributed by atoms with E-state index in [4.69, 9.17) is 14.6 Å². The van der Waals surface area contributed by atoms with Gasteiger partial charge in [0.1, 0.15) is 49.3 Å². The molecule has 0 spiro atoms. The molecule has 5 unspecified atom stereocenters. The van der Waals surface area contributed by atoms with Gasteiger partial charge in [-0.05, 0) is 6.92 Å². The molecule has 1 aliphatic rings. The molecule has 0 aromatic carbocycles. The van der Waals surface area contributed by atoms with E-state index in [1.54, 1.807) is 0 Å². The van der Waals surface area contributed by atoms with Gasteiger partial charge in [0.05, 0.1) is 45.2 Å². The molecule has 0 aliphatic carbocycles. The van der Waals surface area contributed by atoms with Gasteiger partial charge in [-0.3, -0.25) is 4.99 Å². The Morgan fingerprint density at radius 3 is 2.27 bits per heavy atom. The Hall–Kier alpha value is -1.30. The van der Waals surface area contributed by atoms with Crippen molar-refractivity contribution in [2.45, 2.75) is 61.9 Å². The van der Waals surface area contributed by atoms with E-state index in [9.17, 15) is 45.6 Å². The molecule has 194 valence electrons. The zero-order valence-electron chi connectivity index (χ0n) is 18.2. The van der Waals surface area contributed by atoms with Crippen molar-refractivity contribution < 1.29 is 65.0 Å². The number of carbonyl (C=O) groups is 1. The summed E-state index contributed by atoms with van der Waals surface area (Å²) < 4.78 is 15.3. The summed E-state index contributed by atoms with van der Waals surface area (Å²) in [6.45, 7) is -1.15. The standard InChI is InChI=1S/C19H35NO13/c1-9(23)19(30)32-3-2-20-4-11(24)15(26)10(12(25)5-21)7-31-8-14-17(28)18(29)16(27)13(6-22)33-14/h4,9-18,21-29H,2-3,5-8H2,1H3/b20-4+/t9?,10-,11?,12?,13?,14-,15-,16+,17?,18-/m1/s1. The molecule has 0 aromatic rings. The second-order valence-electron chi connectivity index (χ2n) is 7.70. The van der Waals surface area contributed by atoms with Crippen molar-refractivity contribution in [2.75, 3.05) is 39.6 Å². The van der Waals surface area contributed by atoms with Crippen LogP contribution in [0.15, 0.2) is 4.99 Å². The lowest BCUT2D eigenvalue weighted by molar-refractivity contribution is -0.240. The van der Waals surface area contributed by atoms with Gasteiger partial charge in [-0.25, -0.2) is 4.79 Å². The maximum absolute atomic E-state index is 11.1. The van der Waals surface area contributed by atoms with Gasteiger partial charge in [-0.15, -0.1) is 0 Å². The highest BCUT2D eigenvalue weighted by molar-refractivity contribution is 5.73. The van der Waals surface area contributed by atoms with E-state index in [1.807, 2.05) is 0 Å². The predicted octanol–water partition coefficient (Wildman–Crippen LogP) is -5.47. The number of aliphatic hydroxyl groups excluding tert-OH is 9. The first-order chi connectivity index (χ1) is 15.5. The summed E-state index contributed by atoms with van der Waals surface area (Å²) in [4.78, 5) is 14.9. The normalized spacial score (nSPS) is 30.5. The minimum absolute atomic E-state index is 0.0664. The third-order valence-electron chi connectivity index (χ3n) is 5.12. The van der Waals surface area contributed by atoms with Crippen LogP contribution in [0.3, 0.4) is 0 Å². The van der Waals surface area contributed by atoms with Crippen molar-refractivity contribution in [3.05, 3.63) is 0 Å². The van der Waals surface area contributed by atoms with Crippen molar-refractivity contribution in [2.24, 2.45) is 10.9 Å². The number of nitrogens with zero attached hydrogens (tertiary/aromatic N) is 1. The van der Waals surface area contributed by atoms with Crippen LogP contribution in [0.5, 0.6) is 0 Å². The third kappa shape index (κ3) is 9.11. The Bertz CT molecular complexity index is 590. The fraction of sp³-hybridized carbons (Fsp3) is 0.895. The molecule has 1 fully saturated rings. The average molecular weight is 485 g/mol. The number of ether oxygens (including phenoxy) is 3. The van der Waals surface area contributed by atoms with Crippen LogP contribution < -0.4 is 0 Å². The van der Waals surface area contributed by atoms with E-state index in [2.05, 4.69) is 9.73 Å². The number of hydrogen-bond acceptors (Lipinski definition) is 14. The zero-order chi connectivity index (χ0) is 25.1. The summed E-state index contributed by atoms with van der Waals surface area (Å²) in [7, 11) is 0. The number of rotatable bonds is 14. The summed E-state index contributed by atoms with van der Waals surface area (Å²) in [6.07, 6.45) is -12.0. The second kappa shape index (κ2) is 14.9. The van der Waals surface area contributed by atoms with Crippen LogP contribution in [0.1, 0.15) is 6.92 Å². The minimum Gasteiger partial charge on any atom is -0.462 e. The lowest BCUT2D eigenvalue weighted by atomic mass is 9.93. The average Bonchev–Trinajstić information content (AvgIpc) is 2.80. The molecule has 9 N–H and O–H groups in total. The van der Waals surface area contributed by atoms with Gasteiger partial charge in [0, 0.05) is 12.1 Å². The van der Waals surface area contributed by atoms with Gasteiger partial charge in [0.2, 0.25) is 0 Å². The molecular formula is C19H35NO13. The predicted molar refractivity (Wildman–Crippen MR) is 109 cm³/mol. The van der Waals surface area contributed by atoms with Crippen LogP contribution in [0.4, 0.5) is 0 Å². The molecule has 14 nitrogen and oxygen atoms in total. The summed E-state index contributed by atoms with van der Waals surface area (Å²) >= 11 is 0. The van der Waals surface area contributed by atoms with Crippen LogP contribution in [0.2, 0.25) is 0 Å². The number of carbonyl (C=O) groups excluding carboxylic acids is 1. The number of aliphatic hydroxyl groups is 9. The van der Waals surface area contributed by atoms with E-state index >= 15 is 0 Å². The molecule has 10 atom stereocenters. The van der Waals surface area contributed by atoms with Gasteiger partial charge in [0.15, 0.2) is 0 Å². The Morgan fingerprint density at radius 2 is 1.70 bits per heavy atom. The first-order valence-corrected chi connectivity index (χ1v) is 10.4. The smallest absolute Gasteiger partial charge is 0.334 e. The van der Waals surface area contributed by atoms with Gasteiger partial charge in [-0.1, -0.05) is 0 Å². The Morgan fingerprint density at radius 1 is 1.06 bits per heavy atom. The van der Waals surface area contributed by atoms with Gasteiger partial charge >= 0.3 is 5.97 Å². The van der Waals surface area contributed by atoms with Crippen LogP contribution in [0, 0.1) is 5.92 Å². The summed E-state index contributed by atoms with van der Waals surface area (Å²) in [5.74, 6) is -2.04. The highest BCUT2D eigenvalue weighted by atomic mass is 16.6. The maximum Gasteiger partial charge on any atom is 0.334 e. The Labute approximate surface area is 190 Å². The molecule has 1 saturated heterocycles. The lowest BCUT2D eigenvalue weighted by Crippen LogP contribution is -2.59. The molecule has 0 aromatic heterocycles. The summed E-state index contributed by atoms with van der Waals surface area (Å²) in [5, 5.41) is 87.5. The zero-order valence-corrected chi connectivity index (χ0v) is 18.2. The molecule has 1 aliphatic heterocycles. The summed E-state index contributed by atoms with van der Waals surface area (Å²) in [5.41, 5.74) is 0. The molecule has 33 heavy (non-hydrogen) atoms. The van der Waals surface area contributed by atoms with Crippen molar-refractivity contribution >= 4 is 12.2 Å². The summed E-state index contributed by atoms with van der Waals surface area (Å²) in [6, 6.07) is 0. The number of esters is 1. The number of aliphatic imine (C=N–C) groups is 1.